The van der Waals surface area contributed by atoms with Crippen molar-refractivity contribution in [1.29, 1.82) is 0 Å². The Bertz CT molecular complexity index is 705. The molecule has 7 nitrogen and oxygen atoms in total. The maximum Gasteiger partial charge on any atom is 0.318 e. The molecule has 1 aliphatic carbocycles. The summed E-state index contributed by atoms with van der Waals surface area (Å²) in [7, 11) is 0. The van der Waals surface area contributed by atoms with Crippen LogP contribution < -0.4 is 16.4 Å². The fraction of sp³-hybridized carbons (Fsp3) is 0.357. The average Bonchev–Trinajstić information content (AvgIpc) is 3.18. The molecule has 1 unspecified atom stereocenters. The van der Waals surface area contributed by atoms with E-state index in [1.165, 1.54) is 0 Å². The van der Waals surface area contributed by atoms with Gasteiger partial charge in [-0.15, -0.1) is 0 Å². The highest BCUT2D eigenvalue weighted by Crippen LogP contribution is 2.40. The molecule has 1 atom stereocenters. The molecule has 1 heterocycles. The first-order valence-electron chi connectivity index (χ1n) is 6.80. The number of rotatable bonds is 4. The van der Waals surface area contributed by atoms with Crippen LogP contribution in [0, 0.1) is 0 Å². The molecule has 2 aromatic rings. The first-order chi connectivity index (χ1) is 10.0. The minimum atomic E-state index is -0.866. The van der Waals surface area contributed by atoms with Gasteiger partial charge < -0.3 is 15.5 Å². The number of nitrogens with zero attached hydrogens (tertiary/aromatic N) is 1. The minimum Gasteiger partial charge on any atom is -0.440 e. The van der Waals surface area contributed by atoms with Crippen molar-refractivity contribution in [1.82, 2.24) is 10.3 Å². The molecule has 1 saturated carbocycles. The highest BCUT2D eigenvalue weighted by molar-refractivity contribution is 5.97. The maximum atomic E-state index is 11.6. The molecule has 4 N–H and O–H groups in total. The summed E-state index contributed by atoms with van der Waals surface area (Å²) >= 11 is 0. The number of aromatic nitrogens is 1. The van der Waals surface area contributed by atoms with Crippen LogP contribution >= 0.6 is 0 Å². The summed E-state index contributed by atoms with van der Waals surface area (Å²) in [5.41, 5.74) is 7.13. The largest absolute Gasteiger partial charge is 0.440 e. The van der Waals surface area contributed by atoms with Crippen LogP contribution in [0.4, 0.5) is 10.5 Å². The van der Waals surface area contributed by atoms with Gasteiger partial charge in [-0.1, -0.05) is 0 Å². The van der Waals surface area contributed by atoms with Crippen molar-refractivity contribution >= 4 is 28.7 Å². The van der Waals surface area contributed by atoms with Crippen molar-refractivity contribution in [2.24, 2.45) is 5.73 Å². The van der Waals surface area contributed by atoms with E-state index in [9.17, 15) is 9.59 Å². The molecule has 0 radical (unpaired) electrons. The number of hydrogen-bond donors (Lipinski definition) is 3. The summed E-state index contributed by atoms with van der Waals surface area (Å²) in [5, 5.41) is 5.02. The predicted molar refractivity (Wildman–Crippen MR) is 76.8 cm³/mol. The molecule has 1 aromatic heterocycles. The molecule has 0 bridgehead atoms. The van der Waals surface area contributed by atoms with Crippen LogP contribution in [-0.4, -0.2) is 23.0 Å². The van der Waals surface area contributed by atoms with Gasteiger partial charge in [-0.25, -0.2) is 9.78 Å². The number of fused-ring (bicyclic) bond motifs is 1. The smallest absolute Gasteiger partial charge is 0.318 e. The molecule has 3 amide bonds. The van der Waals surface area contributed by atoms with Gasteiger partial charge in [-0.2, -0.15) is 0 Å². The quantitative estimate of drug-likeness (QED) is 0.793. The van der Waals surface area contributed by atoms with E-state index in [4.69, 9.17) is 10.2 Å². The summed E-state index contributed by atoms with van der Waals surface area (Å²) in [6, 6.07) is 3.98. The van der Waals surface area contributed by atoms with Gasteiger partial charge in [0.15, 0.2) is 11.5 Å². The SMILES string of the molecule is CC(Nc1ccc2oc(C3CC3)nc2c1)C(=O)NC(N)=O. The fourth-order valence-electron chi connectivity index (χ4n) is 2.09. The molecule has 110 valence electrons. The number of carbonyl (C=O) groups is 2. The average molecular weight is 288 g/mol. The summed E-state index contributed by atoms with van der Waals surface area (Å²) in [6.45, 7) is 1.64. The normalized spacial score (nSPS) is 15.7. The van der Waals surface area contributed by atoms with Crippen LogP contribution in [0.25, 0.3) is 11.1 Å². The zero-order valence-electron chi connectivity index (χ0n) is 11.6. The van der Waals surface area contributed by atoms with E-state index in [1.807, 2.05) is 17.4 Å². The lowest BCUT2D eigenvalue weighted by Gasteiger charge is -2.13. The summed E-state index contributed by atoms with van der Waals surface area (Å²) in [5.74, 6) is 0.747. The van der Waals surface area contributed by atoms with E-state index in [0.717, 1.165) is 35.5 Å². The molecule has 0 spiro atoms. The van der Waals surface area contributed by atoms with E-state index >= 15 is 0 Å². The topological polar surface area (TPSA) is 110 Å². The zero-order chi connectivity index (χ0) is 15.0. The van der Waals surface area contributed by atoms with Crippen molar-refractivity contribution in [3.63, 3.8) is 0 Å². The lowest BCUT2D eigenvalue weighted by molar-refractivity contribution is -0.120. The van der Waals surface area contributed by atoms with Gasteiger partial charge >= 0.3 is 6.03 Å². The Labute approximate surface area is 120 Å². The van der Waals surface area contributed by atoms with E-state index in [0.29, 0.717) is 5.92 Å². The maximum absolute atomic E-state index is 11.6. The third kappa shape index (κ3) is 2.96. The molecule has 1 aliphatic rings. The Morgan fingerprint density at radius 2 is 2.19 bits per heavy atom. The first kappa shape index (κ1) is 13.4. The second-order valence-corrected chi connectivity index (χ2v) is 5.23. The highest BCUT2D eigenvalue weighted by Gasteiger charge is 2.28. The molecular weight excluding hydrogens is 272 g/mol. The Morgan fingerprint density at radius 3 is 2.86 bits per heavy atom. The second kappa shape index (κ2) is 5.08. The Morgan fingerprint density at radius 1 is 1.43 bits per heavy atom. The molecule has 7 heteroatoms. The molecule has 1 aromatic carbocycles. The molecule has 1 fully saturated rings. The van der Waals surface area contributed by atoms with Crippen LogP contribution in [0.5, 0.6) is 0 Å². The van der Waals surface area contributed by atoms with E-state index in [1.54, 1.807) is 13.0 Å². The third-order valence-corrected chi connectivity index (χ3v) is 3.35. The van der Waals surface area contributed by atoms with Crippen molar-refractivity contribution in [3.05, 3.63) is 24.1 Å². The monoisotopic (exact) mass is 288 g/mol. The number of anilines is 1. The molecule has 0 saturated heterocycles. The number of carbonyl (C=O) groups excluding carboxylic acids is 2. The van der Waals surface area contributed by atoms with Crippen molar-refractivity contribution in [2.45, 2.75) is 31.7 Å². The number of primary amides is 1. The van der Waals surface area contributed by atoms with Crippen molar-refractivity contribution < 1.29 is 14.0 Å². The van der Waals surface area contributed by atoms with Gasteiger partial charge in [0.05, 0.1) is 0 Å². The first-order valence-corrected chi connectivity index (χ1v) is 6.80. The molecule has 3 rings (SSSR count). The minimum absolute atomic E-state index is 0.453. The standard InChI is InChI=1S/C14H16N4O3/c1-7(12(19)18-14(15)20)16-9-4-5-11-10(6-9)17-13(21-11)8-2-3-8/h4-8,16H,2-3H2,1H3,(H3,15,18,19,20). The van der Waals surface area contributed by atoms with E-state index in [-0.39, 0.29) is 0 Å². The lowest BCUT2D eigenvalue weighted by Crippen LogP contribution is -2.43. The number of nitrogens with one attached hydrogen (secondary N) is 2. The van der Waals surface area contributed by atoms with Crippen LogP contribution in [-0.2, 0) is 4.79 Å². The van der Waals surface area contributed by atoms with E-state index in [2.05, 4.69) is 10.3 Å². The molecule has 0 aliphatic heterocycles. The summed E-state index contributed by atoms with van der Waals surface area (Å²) < 4.78 is 5.67. The number of imide groups is 1. The number of hydrogen-bond acceptors (Lipinski definition) is 5. The molecule has 21 heavy (non-hydrogen) atoms. The van der Waals surface area contributed by atoms with E-state index < -0.39 is 18.0 Å². The number of urea groups is 1. The Hall–Kier alpha value is -2.57. The number of oxazole rings is 1. The summed E-state index contributed by atoms with van der Waals surface area (Å²) in [6.07, 6.45) is 2.25. The van der Waals surface area contributed by atoms with Crippen LogP contribution in [0.3, 0.4) is 0 Å². The van der Waals surface area contributed by atoms with Crippen molar-refractivity contribution in [2.75, 3.05) is 5.32 Å². The number of nitrogens with two attached hydrogens (primary N) is 1. The van der Waals surface area contributed by atoms with Gasteiger partial charge in [0.2, 0.25) is 5.91 Å². The van der Waals surface area contributed by atoms with Gasteiger partial charge in [0.25, 0.3) is 0 Å². The second-order valence-electron chi connectivity index (χ2n) is 5.23. The Balaban J connectivity index is 1.74. The lowest BCUT2D eigenvalue weighted by atomic mass is 10.2. The highest BCUT2D eigenvalue weighted by atomic mass is 16.3. The Kier molecular flexibility index (Phi) is 3.25. The van der Waals surface area contributed by atoms with Gasteiger partial charge in [0, 0.05) is 11.6 Å². The molecular formula is C14H16N4O3. The fourth-order valence-corrected chi connectivity index (χ4v) is 2.09. The third-order valence-electron chi connectivity index (χ3n) is 3.35. The van der Waals surface area contributed by atoms with Crippen LogP contribution in [0.1, 0.15) is 31.6 Å². The van der Waals surface area contributed by atoms with Gasteiger partial charge in [0.1, 0.15) is 11.6 Å². The number of amides is 3. The van der Waals surface area contributed by atoms with Gasteiger partial charge in [-0.3, -0.25) is 10.1 Å². The van der Waals surface area contributed by atoms with Crippen molar-refractivity contribution in [3.8, 4) is 0 Å². The predicted octanol–water partition coefficient (Wildman–Crippen LogP) is 1.70. The summed E-state index contributed by atoms with van der Waals surface area (Å²) in [4.78, 5) is 26.7. The van der Waals surface area contributed by atoms with Crippen LogP contribution in [0.2, 0.25) is 0 Å². The zero-order valence-corrected chi connectivity index (χ0v) is 11.6. The number of benzene rings is 1. The van der Waals surface area contributed by atoms with Gasteiger partial charge in [-0.05, 0) is 38.0 Å². The van der Waals surface area contributed by atoms with Crippen LogP contribution in [0.15, 0.2) is 22.6 Å².